The number of benzene rings is 2. The summed E-state index contributed by atoms with van der Waals surface area (Å²) in [6.45, 7) is 3.67. The summed E-state index contributed by atoms with van der Waals surface area (Å²) in [6, 6.07) is 10.3. The highest BCUT2D eigenvalue weighted by atomic mass is 35.5. The zero-order valence-corrected chi connectivity index (χ0v) is 12.5. The molecule has 0 bridgehead atoms. The third-order valence-electron chi connectivity index (χ3n) is 3.21. The van der Waals surface area contributed by atoms with Crippen molar-refractivity contribution in [2.75, 3.05) is 7.05 Å². The lowest BCUT2D eigenvalue weighted by Crippen LogP contribution is -2.13. The Kier molecular flexibility index (Phi) is 4.63. The van der Waals surface area contributed by atoms with Gasteiger partial charge in [0, 0.05) is 16.6 Å². The molecule has 0 heterocycles. The van der Waals surface area contributed by atoms with Gasteiger partial charge in [-0.25, -0.2) is 4.39 Å². The first kappa shape index (κ1) is 14.8. The molecule has 2 aromatic carbocycles. The first-order valence-corrected chi connectivity index (χ1v) is 6.79. The zero-order chi connectivity index (χ0) is 14.7. The Morgan fingerprint density at radius 1 is 1.25 bits per heavy atom. The van der Waals surface area contributed by atoms with Crippen LogP contribution in [0.1, 0.15) is 24.1 Å². The van der Waals surface area contributed by atoms with E-state index in [1.165, 1.54) is 6.07 Å². The van der Waals surface area contributed by atoms with Crippen LogP contribution in [0.4, 0.5) is 4.39 Å². The highest BCUT2D eigenvalue weighted by molar-refractivity contribution is 6.30. The molecule has 1 unspecified atom stereocenters. The largest absolute Gasteiger partial charge is 0.457 e. The van der Waals surface area contributed by atoms with E-state index in [2.05, 4.69) is 5.32 Å². The molecule has 1 atom stereocenters. The minimum Gasteiger partial charge on any atom is -0.457 e. The van der Waals surface area contributed by atoms with Gasteiger partial charge in [-0.05, 0) is 56.8 Å². The van der Waals surface area contributed by atoms with E-state index >= 15 is 0 Å². The van der Waals surface area contributed by atoms with Crippen molar-refractivity contribution in [3.8, 4) is 11.5 Å². The van der Waals surface area contributed by atoms with Crippen LogP contribution in [-0.4, -0.2) is 7.05 Å². The van der Waals surface area contributed by atoms with Gasteiger partial charge in [-0.15, -0.1) is 0 Å². The van der Waals surface area contributed by atoms with E-state index in [0.29, 0.717) is 22.1 Å². The summed E-state index contributed by atoms with van der Waals surface area (Å²) in [5.74, 6) is 1.03. The van der Waals surface area contributed by atoms with Crippen molar-refractivity contribution in [1.82, 2.24) is 5.32 Å². The molecule has 4 heteroatoms. The molecule has 0 aliphatic carbocycles. The maximum Gasteiger partial charge on any atom is 0.132 e. The number of ether oxygens (including phenoxy) is 1. The summed E-state index contributed by atoms with van der Waals surface area (Å²) in [5.41, 5.74) is 1.32. The average Bonchev–Trinajstić information content (AvgIpc) is 2.42. The molecule has 106 valence electrons. The van der Waals surface area contributed by atoms with Crippen molar-refractivity contribution < 1.29 is 9.13 Å². The van der Waals surface area contributed by atoms with Gasteiger partial charge >= 0.3 is 0 Å². The molecule has 0 radical (unpaired) electrons. The van der Waals surface area contributed by atoms with Crippen LogP contribution in [0.25, 0.3) is 0 Å². The van der Waals surface area contributed by atoms with Crippen molar-refractivity contribution in [2.24, 2.45) is 0 Å². The van der Waals surface area contributed by atoms with Gasteiger partial charge in [0.2, 0.25) is 0 Å². The van der Waals surface area contributed by atoms with Crippen molar-refractivity contribution in [3.05, 3.63) is 58.4 Å². The van der Waals surface area contributed by atoms with Crippen molar-refractivity contribution >= 4 is 11.6 Å². The van der Waals surface area contributed by atoms with Crippen LogP contribution >= 0.6 is 11.6 Å². The van der Waals surface area contributed by atoms with Gasteiger partial charge in [0.15, 0.2) is 0 Å². The lowest BCUT2D eigenvalue weighted by molar-refractivity contribution is 0.462. The fourth-order valence-electron chi connectivity index (χ4n) is 1.91. The molecule has 0 amide bonds. The van der Waals surface area contributed by atoms with Gasteiger partial charge < -0.3 is 10.1 Å². The number of halogens is 2. The first-order chi connectivity index (χ1) is 9.51. The second kappa shape index (κ2) is 6.25. The Bertz CT molecular complexity index is 615. The van der Waals surface area contributed by atoms with Crippen molar-refractivity contribution in [3.63, 3.8) is 0 Å². The van der Waals surface area contributed by atoms with Gasteiger partial charge in [-0.2, -0.15) is 0 Å². The predicted molar refractivity (Wildman–Crippen MR) is 80.1 cm³/mol. The van der Waals surface area contributed by atoms with Crippen molar-refractivity contribution in [2.45, 2.75) is 19.9 Å². The molecule has 20 heavy (non-hydrogen) atoms. The summed E-state index contributed by atoms with van der Waals surface area (Å²) >= 11 is 5.94. The second-order valence-electron chi connectivity index (χ2n) is 4.71. The quantitative estimate of drug-likeness (QED) is 0.869. The molecule has 1 N–H and O–H groups in total. The molecule has 0 aromatic heterocycles. The maximum absolute atomic E-state index is 13.8. The smallest absolute Gasteiger partial charge is 0.132 e. The zero-order valence-electron chi connectivity index (χ0n) is 11.7. The lowest BCUT2D eigenvalue weighted by Gasteiger charge is -2.17. The van der Waals surface area contributed by atoms with E-state index in [-0.39, 0.29) is 11.9 Å². The minimum atomic E-state index is -0.236. The molecule has 0 aliphatic rings. The fourth-order valence-corrected chi connectivity index (χ4v) is 2.09. The van der Waals surface area contributed by atoms with Gasteiger partial charge in [-0.3, -0.25) is 0 Å². The normalized spacial score (nSPS) is 12.2. The van der Waals surface area contributed by atoms with E-state index in [0.717, 1.165) is 5.56 Å². The molecule has 0 saturated heterocycles. The summed E-state index contributed by atoms with van der Waals surface area (Å²) in [4.78, 5) is 0. The Morgan fingerprint density at radius 2 is 2.00 bits per heavy atom. The van der Waals surface area contributed by atoms with Crippen LogP contribution in [0.3, 0.4) is 0 Å². The van der Waals surface area contributed by atoms with Crippen LogP contribution in [0, 0.1) is 12.7 Å². The SMILES string of the molecule is CNC(C)c1cc(F)c(C)cc1Oc1cccc(Cl)c1. The molecular weight excluding hydrogens is 277 g/mol. The molecule has 2 nitrogen and oxygen atoms in total. The maximum atomic E-state index is 13.8. The van der Waals surface area contributed by atoms with Gasteiger partial charge in [0.05, 0.1) is 0 Å². The Morgan fingerprint density at radius 3 is 2.65 bits per heavy atom. The van der Waals surface area contributed by atoms with E-state index in [9.17, 15) is 4.39 Å². The van der Waals surface area contributed by atoms with E-state index < -0.39 is 0 Å². The standard InChI is InChI=1S/C16H17ClFNO/c1-10-7-16(14(9-15(10)18)11(2)19-3)20-13-6-4-5-12(17)8-13/h4-9,11,19H,1-3H3. The predicted octanol–water partition coefficient (Wildman–Crippen LogP) is 4.86. The molecule has 2 aromatic rings. The Labute approximate surface area is 123 Å². The third-order valence-corrected chi connectivity index (χ3v) is 3.45. The fraction of sp³-hybridized carbons (Fsp3) is 0.250. The molecule has 0 fully saturated rings. The first-order valence-electron chi connectivity index (χ1n) is 6.42. The van der Waals surface area contributed by atoms with E-state index in [4.69, 9.17) is 16.3 Å². The van der Waals surface area contributed by atoms with E-state index in [1.54, 1.807) is 25.1 Å². The monoisotopic (exact) mass is 293 g/mol. The van der Waals surface area contributed by atoms with E-state index in [1.807, 2.05) is 26.1 Å². The molecule has 0 spiro atoms. The second-order valence-corrected chi connectivity index (χ2v) is 5.15. The van der Waals surface area contributed by atoms with Crippen molar-refractivity contribution in [1.29, 1.82) is 0 Å². The molecule has 0 aliphatic heterocycles. The van der Waals surface area contributed by atoms with Crippen LogP contribution < -0.4 is 10.1 Å². The number of rotatable bonds is 4. The Balaban J connectivity index is 2.41. The lowest BCUT2D eigenvalue weighted by atomic mass is 10.0. The molecule has 0 saturated carbocycles. The van der Waals surface area contributed by atoms with Gasteiger partial charge in [0.25, 0.3) is 0 Å². The molecular formula is C16H17ClFNO. The van der Waals surface area contributed by atoms with Gasteiger partial charge in [0.1, 0.15) is 17.3 Å². The minimum absolute atomic E-state index is 0.0146. The highest BCUT2D eigenvalue weighted by Gasteiger charge is 2.14. The van der Waals surface area contributed by atoms with Crippen LogP contribution in [0.5, 0.6) is 11.5 Å². The topological polar surface area (TPSA) is 21.3 Å². The number of nitrogens with one attached hydrogen (secondary N) is 1. The summed E-state index contributed by atoms with van der Waals surface area (Å²) in [6.07, 6.45) is 0. The summed E-state index contributed by atoms with van der Waals surface area (Å²) < 4.78 is 19.6. The van der Waals surface area contributed by atoms with Crippen LogP contribution in [-0.2, 0) is 0 Å². The average molecular weight is 294 g/mol. The Hall–Kier alpha value is -1.58. The van der Waals surface area contributed by atoms with Crippen LogP contribution in [0.15, 0.2) is 36.4 Å². The number of hydrogen-bond acceptors (Lipinski definition) is 2. The third kappa shape index (κ3) is 3.30. The van der Waals surface area contributed by atoms with Gasteiger partial charge in [-0.1, -0.05) is 17.7 Å². The number of aryl methyl sites for hydroxylation is 1. The molecule has 2 rings (SSSR count). The summed E-state index contributed by atoms with van der Waals surface area (Å²) in [7, 11) is 1.82. The van der Waals surface area contributed by atoms with Crippen LogP contribution in [0.2, 0.25) is 5.02 Å². The summed E-state index contributed by atoms with van der Waals surface area (Å²) in [5, 5.41) is 3.69. The highest BCUT2D eigenvalue weighted by Crippen LogP contribution is 2.32. The number of hydrogen-bond donors (Lipinski definition) is 1.